The van der Waals surface area contributed by atoms with Gasteiger partial charge in [0.25, 0.3) is 0 Å². The van der Waals surface area contributed by atoms with E-state index in [1.54, 1.807) is 6.92 Å². The molecule has 0 saturated heterocycles. The summed E-state index contributed by atoms with van der Waals surface area (Å²) in [6.07, 6.45) is 4.64. The lowest BCUT2D eigenvalue weighted by molar-refractivity contribution is -0.146. The van der Waals surface area contributed by atoms with Gasteiger partial charge in [-0.15, -0.1) is 0 Å². The summed E-state index contributed by atoms with van der Waals surface area (Å²) >= 11 is 0. The standard InChI is InChI=1S/C18H28N2O3/c1-2-23-18(22)17(12-11-15-8-4-3-5-9-15)20-16(14-21)10-6-7-13-19/h3-5,8-9,14,16-17,20H,2,6-7,10-13,19H2,1H3/t16-,17-/m0/s1. The first-order valence-electron chi connectivity index (χ1n) is 8.33. The Morgan fingerprint density at radius 1 is 1.26 bits per heavy atom. The molecule has 0 aliphatic rings. The zero-order valence-electron chi connectivity index (χ0n) is 13.9. The molecule has 0 heterocycles. The first-order chi connectivity index (χ1) is 11.2. The van der Waals surface area contributed by atoms with Crippen molar-refractivity contribution in [3.63, 3.8) is 0 Å². The topological polar surface area (TPSA) is 81.4 Å². The Labute approximate surface area is 138 Å². The van der Waals surface area contributed by atoms with Gasteiger partial charge in [-0.2, -0.15) is 0 Å². The van der Waals surface area contributed by atoms with Crippen molar-refractivity contribution >= 4 is 12.3 Å². The number of benzene rings is 1. The predicted molar refractivity (Wildman–Crippen MR) is 91.1 cm³/mol. The number of carbonyl (C=O) groups excluding carboxylic acids is 2. The van der Waals surface area contributed by atoms with Crippen molar-refractivity contribution in [3.8, 4) is 0 Å². The molecular weight excluding hydrogens is 292 g/mol. The molecule has 23 heavy (non-hydrogen) atoms. The van der Waals surface area contributed by atoms with Crippen LogP contribution >= 0.6 is 0 Å². The zero-order chi connectivity index (χ0) is 16.9. The number of esters is 1. The van der Waals surface area contributed by atoms with Gasteiger partial charge in [0.05, 0.1) is 12.6 Å². The first kappa shape index (κ1) is 19.3. The van der Waals surface area contributed by atoms with E-state index in [-0.39, 0.29) is 12.0 Å². The Hall–Kier alpha value is -1.72. The molecule has 2 atom stereocenters. The summed E-state index contributed by atoms with van der Waals surface area (Å²) < 4.78 is 5.13. The summed E-state index contributed by atoms with van der Waals surface area (Å²) in [5.41, 5.74) is 6.64. The van der Waals surface area contributed by atoms with Gasteiger partial charge in [-0.25, -0.2) is 0 Å². The van der Waals surface area contributed by atoms with Gasteiger partial charge in [0.15, 0.2) is 0 Å². The average Bonchev–Trinajstić information content (AvgIpc) is 2.58. The van der Waals surface area contributed by atoms with Crippen LogP contribution in [-0.4, -0.2) is 37.5 Å². The third-order valence-corrected chi connectivity index (χ3v) is 3.68. The fourth-order valence-electron chi connectivity index (χ4n) is 2.43. The van der Waals surface area contributed by atoms with Gasteiger partial charge in [-0.05, 0) is 44.7 Å². The number of hydrogen-bond donors (Lipinski definition) is 2. The lowest BCUT2D eigenvalue weighted by atomic mass is 10.0. The molecule has 1 aromatic carbocycles. The van der Waals surface area contributed by atoms with Crippen molar-refractivity contribution in [2.75, 3.05) is 13.2 Å². The minimum Gasteiger partial charge on any atom is -0.465 e. The van der Waals surface area contributed by atoms with Gasteiger partial charge < -0.3 is 15.3 Å². The van der Waals surface area contributed by atoms with Crippen LogP contribution in [0.1, 0.15) is 38.2 Å². The minimum atomic E-state index is -0.469. The van der Waals surface area contributed by atoms with E-state index in [0.29, 0.717) is 26.0 Å². The van der Waals surface area contributed by atoms with Crippen LogP contribution in [0.3, 0.4) is 0 Å². The molecule has 0 unspecified atom stereocenters. The third-order valence-electron chi connectivity index (χ3n) is 3.68. The van der Waals surface area contributed by atoms with E-state index in [2.05, 4.69) is 5.32 Å². The number of aldehydes is 1. The van der Waals surface area contributed by atoms with Crippen LogP contribution in [0, 0.1) is 0 Å². The van der Waals surface area contributed by atoms with Crippen molar-refractivity contribution in [1.82, 2.24) is 5.32 Å². The van der Waals surface area contributed by atoms with Gasteiger partial charge >= 0.3 is 5.97 Å². The number of rotatable bonds is 12. The van der Waals surface area contributed by atoms with Gasteiger partial charge in [0, 0.05) is 0 Å². The maximum atomic E-state index is 12.1. The zero-order valence-corrected chi connectivity index (χ0v) is 13.9. The molecule has 1 rings (SSSR count). The number of ether oxygens (including phenoxy) is 1. The molecule has 5 heteroatoms. The molecule has 0 aliphatic heterocycles. The Kier molecular flexibility index (Phi) is 9.91. The predicted octanol–water partition coefficient (Wildman–Crippen LogP) is 1.84. The van der Waals surface area contributed by atoms with Crippen molar-refractivity contribution in [1.29, 1.82) is 0 Å². The highest BCUT2D eigenvalue weighted by molar-refractivity contribution is 5.76. The fourth-order valence-corrected chi connectivity index (χ4v) is 2.43. The summed E-state index contributed by atoms with van der Waals surface area (Å²) in [5.74, 6) is -0.297. The quantitative estimate of drug-likeness (QED) is 0.349. The molecule has 0 radical (unpaired) electrons. The first-order valence-corrected chi connectivity index (χ1v) is 8.33. The van der Waals surface area contributed by atoms with E-state index in [0.717, 1.165) is 31.1 Å². The molecule has 0 aliphatic carbocycles. The van der Waals surface area contributed by atoms with Crippen molar-refractivity contribution in [2.45, 2.75) is 51.1 Å². The van der Waals surface area contributed by atoms with Crippen LogP contribution in [0.25, 0.3) is 0 Å². The molecule has 0 saturated carbocycles. The van der Waals surface area contributed by atoms with Crippen LogP contribution in [0.4, 0.5) is 0 Å². The molecule has 3 N–H and O–H groups in total. The maximum absolute atomic E-state index is 12.1. The second-order valence-corrected chi connectivity index (χ2v) is 5.52. The highest BCUT2D eigenvalue weighted by Gasteiger charge is 2.22. The van der Waals surface area contributed by atoms with Crippen LogP contribution < -0.4 is 11.1 Å². The lowest BCUT2D eigenvalue weighted by Crippen LogP contribution is -2.45. The van der Waals surface area contributed by atoms with E-state index < -0.39 is 6.04 Å². The lowest BCUT2D eigenvalue weighted by Gasteiger charge is -2.21. The number of nitrogens with one attached hydrogen (secondary N) is 1. The molecule has 0 fully saturated rings. The SMILES string of the molecule is CCOC(=O)[C@H](CCc1ccccc1)N[C@H](C=O)CCCCN. The van der Waals surface area contributed by atoms with Crippen molar-refractivity contribution in [2.24, 2.45) is 5.73 Å². The second kappa shape index (κ2) is 11.8. The largest absolute Gasteiger partial charge is 0.465 e. The van der Waals surface area contributed by atoms with Gasteiger partial charge in [-0.1, -0.05) is 36.8 Å². The Morgan fingerprint density at radius 3 is 2.61 bits per heavy atom. The third kappa shape index (κ3) is 7.90. The molecule has 1 aromatic rings. The molecule has 5 nitrogen and oxygen atoms in total. The maximum Gasteiger partial charge on any atom is 0.323 e. The number of aryl methyl sites for hydroxylation is 1. The van der Waals surface area contributed by atoms with E-state index in [1.165, 1.54) is 0 Å². The Balaban J connectivity index is 2.59. The van der Waals surface area contributed by atoms with E-state index in [4.69, 9.17) is 10.5 Å². The summed E-state index contributed by atoms with van der Waals surface area (Å²) in [4.78, 5) is 23.4. The number of nitrogens with two attached hydrogens (primary N) is 1. The number of hydrogen-bond acceptors (Lipinski definition) is 5. The van der Waals surface area contributed by atoms with Gasteiger partial charge in [-0.3, -0.25) is 10.1 Å². The molecule has 128 valence electrons. The highest BCUT2D eigenvalue weighted by Crippen LogP contribution is 2.08. The average molecular weight is 320 g/mol. The molecule has 0 spiro atoms. The number of unbranched alkanes of at least 4 members (excludes halogenated alkanes) is 1. The second-order valence-electron chi connectivity index (χ2n) is 5.52. The molecule has 0 aromatic heterocycles. The summed E-state index contributed by atoms with van der Waals surface area (Å²) in [6, 6.07) is 9.16. The summed E-state index contributed by atoms with van der Waals surface area (Å²) in [7, 11) is 0. The summed E-state index contributed by atoms with van der Waals surface area (Å²) in [5, 5.41) is 3.13. The van der Waals surface area contributed by atoms with Crippen LogP contribution in [0.2, 0.25) is 0 Å². The van der Waals surface area contributed by atoms with Gasteiger partial charge in [0.1, 0.15) is 12.3 Å². The minimum absolute atomic E-state index is 0.297. The highest BCUT2D eigenvalue weighted by atomic mass is 16.5. The van der Waals surface area contributed by atoms with Crippen molar-refractivity contribution in [3.05, 3.63) is 35.9 Å². The normalized spacial score (nSPS) is 13.3. The van der Waals surface area contributed by atoms with Crippen LogP contribution in [0.5, 0.6) is 0 Å². The Morgan fingerprint density at radius 2 is 2.00 bits per heavy atom. The number of carbonyl (C=O) groups is 2. The van der Waals surface area contributed by atoms with E-state index in [1.807, 2.05) is 30.3 Å². The smallest absolute Gasteiger partial charge is 0.323 e. The fraction of sp³-hybridized carbons (Fsp3) is 0.556. The van der Waals surface area contributed by atoms with Crippen LogP contribution in [-0.2, 0) is 20.7 Å². The Bertz CT molecular complexity index is 451. The van der Waals surface area contributed by atoms with Crippen molar-refractivity contribution < 1.29 is 14.3 Å². The van der Waals surface area contributed by atoms with E-state index >= 15 is 0 Å². The van der Waals surface area contributed by atoms with E-state index in [9.17, 15) is 9.59 Å². The van der Waals surface area contributed by atoms with Crippen LogP contribution in [0.15, 0.2) is 30.3 Å². The molecular formula is C18H28N2O3. The monoisotopic (exact) mass is 320 g/mol. The summed E-state index contributed by atoms with van der Waals surface area (Å²) in [6.45, 7) is 2.73. The molecule has 0 bridgehead atoms. The van der Waals surface area contributed by atoms with Gasteiger partial charge in [0.2, 0.25) is 0 Å². The molecule has 0 amide bonds.